The third kappa shape index (κ3) is 8.08. The molecule has 6 nitrogen and oxygen atoms in total. The monoisotopic (exact) mass is 468 g/mol. The van der Waals surface area contributed by atoms with Crippen LogP contribution in [0.15, 0.2) is 42.5 Å². The van der Waals surface area contributed by atoms with E-state index in [9.17, 15) is 9.59 Å². The molecule has 0 aromatic heterocycles. The number of amides is 2. The Bertz CT molecular complexity index is 928. The number of hydrogen-bond acceptors (Lipinski definition) is 4. The second-order valence-electron chi connectivity index (χ2n) is 8.42. The number of nitrogens with one attached hydrogen (secondary N) is 1. The zero-order chi connectivity index (χ0) is 24.9. The van der Waals surface area contributed by atoms with Crippen LogP contribution < -0.4 is 14.8 Å². The molecule has 1 N–H and O–H groups in total. The Labute approximate surface area is 204 Å². The van der Waals surface area contributed by atoms with Gasteiger partial charge in [-0.3, -0.25) is 9.59 Å². The fourth-order valence-corrected chi connectivity index (χ4v) is 3.74. The number of unbranched alkanes of at least 4 members (excludes halogenated alkanes) is 1. The van der Waals surface area contributed by atoms with Crippen molar-refractivity contribution < 1.29 is 19.1 Å². The first kappa shape index (κ1) is 27.2. The van der Waals surface area contributed by atoms with E-state index in [1.165, 1.54) is 0 Å². The average Bonchev–Trinajstić information content (AvgIpc) is 2.83. The van der Waals surface area contributed by atoms with Crippen molar-refractivity contribution in [3.8, 4) is 11.5 Å². The quantitative estimate of drug-likeness (QED) is 0.394. The summed E-state index contributed by atoms with van der Waals surface area (Å²) in [7, 11) is 0. The van der Waals surface area contributed by atoms with Gasteiger partial charge in [0.2, 0.25) is 11.8 Å². The number of carbonyl (C=O) groups excluding carboxylic acids is 2. The Kier molecular flexibility index (Phi) is 11.4. The molecule has 0 unspecified atom stereocenters. The average molecular weight is 469 g/mol. The van der Waals surface area contributed by atoms with Gasteiger partial charge in [-0.2, -0.15) is 0 Å². The van der Waals surface area contributed by atoms with Crippen molar-refractivity contribution >= 4 is 11.8 Å². The van der Waals surface area contributed by atoms with Crippen LogP contribution in [0.4, 0.5) is 0 Å². The van der Waals surface area contributed by atoms with Crippen LogP contribution in [-0.2, 0) is 22.6 Å². The highest BCUT2D eigenvalue weighted by molar-refractivity contribution is 5.87. The molecular weight excluding hydrogens is 428 g/mol. The molecule has 2 aromatic carbocycles. The third-order valence-corrected chi connectivity index (χ3v) is 5.83. The molecule has 6 heteroatoms. The lowest BCUT2D eigenvalue weighted by molar-refractivity contribution is -0.140. The molecule has 0 fully saturated rings. The van der Waals surface area contributed by atoms with E-state index >= 15 is 0 Å². The van der Waals surface area contributed by atoms with Crippen LogP contribution in [0.5, 0.6) is 11.5 Å². The van der Waals surface area contributed by atoms with E-state index in [1.807, 2.05) is 70.2 Å². The Hall–Kier alpha value is -3.02. The van der Waals surface area contributed by atoms with Crippen LogP contribution in [0.2, 0.25) is 0 Å². The van der Waals surface area contributed by atoms with Crippen molar-refractivity contribution in [3.63, 3.8) is 0 Å². The summed E-state index contributed by atoms with van der Waals surface area (Å²) >= 11 is 0. The van der Waals surface area contributed by atoms with Gasteiger partial charge < -0.3 is 19.7 Å². The Morgan fingerprint density at radius 1 is 1.00 bits per heavy atom. The molecule has 0 saturated heterocycles. The van der Waals surface area contributed by atoms with Crippen LogP contribution in [0, 0.1) is 6.92 Å². The van der Waals surface area contributed by atoms with E-state index in [1.54, 1.807) is 4.90 Å². The minimum absolute atomic E-state index is 0.0479. The van der Waals surface area contributed by atoms with Crippen molar-refractivity contribution in [1.82, 2.24) is 10.2 Å². The third-order valence-electron chi connectivity index (χ3n) is 5.83. The lowest BCUT2D eigenvalue weighted by Gasteiger charge is -2.29. The molecule has 0 saturated carbocycles. The molecule has 186 valence electrons. The Balaban J connectivity index is 2.16. The normalized spacial score (nSPS) is 11.6. The summed E-state index contributed by atoms with van der Waals surface area (Å²) in [5, 5.41) is 2.97. The van der Waals surface area contributed by atoms with Crippen molar-refractivity contribution in [2.45, 2.75) is 72.9 Å². The lowest BCUT2D eigenvalue weighted by atomic mass is 10.1. The molecule has 1 atom stereocenters. The first-order valence-electron chi connectivity index (χ1n) is 12.4. The zero-order valence-electron chi connectivity index (χ0n) is 21.4. The van der Waals surface area contributed by atoms with E-state index in [4.69, 9.17) is 9.47 Å². The van der Waals surface area contributed by atoms with E-state index in [2.05, 4.69) is 12.2 Å². The van der Waals surface area contributed by atoms with Gasteiger partial charge >= 0.3 is 0 Å². The summed E-state index contributed by atoms with van der Waals surface area (Å²) in [6.07, 6.45) is 2.79. The van der Waals surface area contributed by atoms with Crippen LogP contribution >= 0.6 is 0 Å². The highest BCUT2D eigenvalue weighted by Crippen LogP contribution is 2.29. The highest BCUT2D eigenvalue weighted by Gasteiger charge is 2.26. The van der Waals surface area contributed by atoms with Gasteiger partial charge in [0, 0.05) is 19.5 Å². The maximum atomic E-state index is 13.4. The summed E-state index contributed by atoms with van der Waals surface area (Å²) in [4.78, 5) is 27.9. The van der Waals surface area contributed by atoms with Gasteiger partial charge in [-0.15, -0.1) is 0 Å². The molecule has 2 aromatic rings. The SMILES string of the molecule is CCCCNC(=O)[C@@H](C)N(Cc1ccccc1C)C(=O)CCc1ccc(OCC)c(OCC)c1. The lowest BCUT2D eigenvalue weighted by Crippen LogP contribution is -2.48. The largest absolute Gasteiger partial charge is 0.490 e. The minimum atomic E-state index is -0.553. The van der Waals surface area contributed by atoms with Crippen LogP contribution in [0.1, 0.15) is 63.6 Å². The number of rotatable bonds is 14. The number of aryl methyl sites for hydroxylation is 2. The fraction of sp³-hybridized carbons (Fsp3) is 0.500. The molecule has 0 aliphatic carbocycles. The van der Waals surface area contributed by atoms with Gasteiger partial charge in [0.05, 0.1) is 13.2 Å². The van der Waals surface area contributed by atoms with Crippen molar-refractivity contribution in [1.29, 1.82) is 0 Å². The van der Waals surface area contributed by atoms with E-state index in [-0.39, 0.29) is 11.8 Å². The molecule has 0 bridgehead atoms. The predicted octanol–water partition coefficient (Wildman–Crippen LogP) is 5.06. The molecule has 0 spiro atoms. The molecule has 0 heterocycles. The number of benzene rings is 2. The molecular formula is C28H40N2O4. The molecule has 0 aliphatic heterocycles. The summed E-state index contributed by atoms with van der Waals surface area (Å²) in [6, 6.07) is 13.2. The Morgan fingerprint density at radius 2 is 1.71 bits per heavy atom. The first-order valence-corrected chi connectivity index (χ1v) is 12.4. The molecule has 34 heavy (non-hydrogen) atoms. The van der Waals surface area contributed by atoms with Crippen molar-refractivity contribution in [3.05, 3.63) is 59.2 Å². The van der Waals surface area contributed by atoms with Crippen LogP contribution in [-0.4, -0.2) is 42.5 Å². The number of nitrogens with zero attached hydrogens (tertiary/aromatic N) is 1. The highest BCUT2D eigenvalue weighted by atomic mass is 16.5. The summed E-state index contributed by atoms with van der Waals surface area (Å²) in [6.45, 7) is 11.9. The summed E-state index contributed by atoms with van der Waals surface area (Å²) in [5.74, 6) is 1.23. The molecule has 0 aliphatic rings. The first-order chi connectivity index (χ1) is 16.4. The topological polar surface area (TPSA) is 67.9 Å². The standard InChI is InChI=1S/C28H40N2O4/c1-6-9-18-29-28(32)22(5)30(20-24-13-11-10-12-21(24)4)27(31)17-15-23-14-16-25(33-7-2)26(19-23)34-8-3/h10-14,16,19,22H,6-9,15,17-18,20H2,1-5H3,(H,29,32)/t22-/m1/s1. The fourth-order valence-electron chi connectivity index (χ4n) is 3.74. The van der Waals surface area contributed by atoms with E-state index < -0.39 is 6.04 Å². The smallest absolute Gasteiger partial charge is 0.242 e. The predicted molar refractivity (Wildman–Crippen MR) is 136 cm³/mol. The minimum Gasteiger partial charge on any atom is -0.490 e. The molecule has 0 radical (unpaired) electrons. The van der Waals surface area contributed by atoms with E-state index in [0.29, 0.717) is 50.6 Å². The van der Waals surface area contributed by atoms with Crippen molar-refractivity contribution in [2.75, 3.05) is 19.8 Å². The number of carbonyl (C=O) groups is 2. The van der Waals surface area contributed by atoms with Gasteiger partial charge in [-0.05, 0) is 69.4 Å². The summed E-state index contributed by atoms with van der Waals surface area (Å²) < 4.78 is 11.4. The number of ether oxygens (including phenoxy) is 2. The van der Waals surface area contributed by atoms with Gasteiger partial charge in [0.1, 0.15) is 6.04 Å². The van der Waals surface area contributed by atoms with Gasteiger partial charge in [0.15, 0.2) is 11.5 Å². The number of hydrogen-bond donors (Lipinski definition) is 1. The second kappa shape index (κ2) is 14.3. The van der Waals surface area contributed by atoms with E-state index in [0.717, 1.165) is 29.5 Å². The maximum Gasteiger partial charge on any atom is 0.242 e. The van der Waals surface area contributed by atoms with Gasteiger partial charge in [0.25, 0.3) is 0 Å². The second-order valence-corrected chi connectivity index (χ2v) is 8.42. The molecule has 2 amide bonds. The maximum absolute atomic E-state index is 13.4. The van der Waals surface area contributed by atoms with Crippen LogP contribution in [0.25, 0.3) is 0 Å². The van der Waals surface area contributed by atoms with Gasteiger partial charge in [-0.1, -0.05) is 43.7 Å². The van der Waals surface area contributed by atoms with Crippen LogP contribution in [0.3, 0.4) is 0 Å². The van der Waals surface area contributed by atoms with Crippen molar-refractivity contribution in [2.24, 2.45) is 0 Å². The summed E-state index contributed by atoms with van der Waals surface area (Å²) in [5.41, 5.74) is 3.15. The molecule has 2 rings (SSSR count). The Morgan fingerprint density at radius 3 is 2.38 bits per heavy atom. The zero-order valence-corrected chi connectivity index (χ0v) is 21.4. The van der Waals surface area contributed by atoms with Gasteiger partial charge in [-0.25, -0.2) is 0 Å².